The van der Waals surface area contributed by atoms with Crippen LogP contribution >= 0.6 is 0 Å². The van der Waals surface area contributed by atoms with E-state index in [-0.39, 0.29) is 0 Å². The first kappa shape index (κ1) is 18.0. The third kappa shape index (κ3) is 4.23. The maximum absolute atomic E-state index is 5.26. The quantitative estimate of drug-likeness (QED) is 0.808. The smallest absolute Gasteiger partial charge is 0.118 e. The molecule has 1 heterocycles. The summed E-state index contributed by atoms with van der Waals surface area (Å²) in [5.41, 5.74) is 4.31. The van der Waals surface area contributed by atoms with Gasteiger partial charge in [-0.3, -0.25) is 9.80 Å². The number of nitrogens with zero attached hydrogens (tertiary/aromatic N) is 2. The van der Waals surface area contributed by atoms with Gasteiger partial charge in [0.1, 0.15) is 5.75 Å². The van der Waals surface area contributed by atoms with E-state index in [1.165, 1.54) is 16.7 Å². The largest absolute Gasteiger partial charge is 0.497 e. The molecule has 3 rings (SSSR count). The van der Waals surface area contributed by atoms with Crippen molar-refractivity contribution >= 4 is 0 Å². The molecule has 0 saturated carbocycles. The lowest BCUT2D eigenvalue weighted by atomic mass is 9.91. The minimum absolute atomic E-state index is 0.464. The van der Waals surface area contributed by atoms with Crippen molar-refractivity contribution in [2.24, 2.45) is 0 Å². The number of rotatable bonds is 5. The molecule has 0 N–H and O–H groups in total. The van der Waals surface area contributed by atoms with Crippen LogP contribution in [0, 0.1) is 0 Å². The second-order valence-electron chi connectivity index (χ2n) is 7.36. The SMILES string of the molecule is COc1ccc(CN2CCN(C)C(c3ccccc3C(C)C)C2)cc1. The molecule has 25 heavy (non-hydrogen) atoms. The molecule has 1 atom stereocenters. The van der Waals surface area contributed by atoms with E-state index in [0.717, 1.165) is 31.9 Å². The predicted molar refractivity (Wildman–Crippen MR) is 104 cm³/mol. The van der Waals surface area contributed by atoms with E-state index in [0.29, 0.717) is 12.0 Å². The molecule has 3 nitrogen and oxygen atoms in total. The van der Waals surface area contributed by atoms with Gasteiger partial charge in [-0.15, -0.1) is 0 Å². The van der Waals surface area contributed by atoms with E-state index in [1.807, 2.05) is 0 Å². The molecule has 3 heteroatoms. The Balaban J connectivity index is 1.75. The number of piperazine rings is 1. The minimum atomic E-state index is 0.464. The Kier molecular flexibility index (Phi) is 5.77. The highest BCUT2D eigenvalue weighted by molar-refractivity contribution is 5.33. The maximum atomic E-state index is 5.26. The second-order valence-corrected chi connectivity index (χ2v) is 7.36. The number of methoxy groups -OCH3 is 1. The molecule has 0 amide bonds. The topological polar surface area (TPSA) is 15.7 Å². The van der Waals surface area contributed by atoms with Crippen LogP contribution in [0.2, 0.25) is 0 Å². The van der Waals surface area contributed by atoms with Crippen molar-refractivity contribution < 1.29 is 4.74 Å². The van der Waals surface area contributed by atoms with Gasteiger partial charge in [0, 0.05) is 32.2 Å². The molecule has 2 aromatic carbocycles. The summed E-state index contributed by atoms with van der Waals surface area (Å²) in [7, 11) is 3.97. The highest BCUT2D eigenvalue weighted by Gasteiger charge is 2.27. The van der Waals surface area contributed by atoms with Crippen molar-refractivity contribution in [3.05, 3.63) is 65.2 Å². The molecule has 1 unspecified atom stereocenters. The Morgan fingerprint density at radius 3 is 2.44 bits per heavy atom. The first-order valence-corrected chi connectivity index (χ1v) is 9.23. The van der Waals surface area contributed by atoms with E-state index < -0.39 is 0 Å². The van der Waals surface area contributed by atoms with Gasteiger partial charge in [0.15, 0.2) is 0 Å². The predicted octanol–water partition coefficient (Wildman–Crippen LogP) is 4.31. The monoisotopic (exact) mass is 338 g/mol. The van der Waals surface area contributed by atoms with Crippen LogP contribution in [-0.2, 0) is 6.54 Å². The van der Waals surface area contributed by atoms with Gasteiger partial charge in [-0.1, -0.05) is 50.2 Å². The first-order valence-electron chi connectivity index (χ1n) is 9.23. The van der Waals surface area contributed by atoms with Crippen molar-refractivity contribution in [1.29, 1.82) is 0 Å². The molecule has 134 valence electrons. The Bertz CT molecular complexity index is 681. The number of ether oxygens (including phenoxy) is 1. The molecule has 0 radical (unpaired) electrons. The molecule has 0 aliphatic carbocycles. The first-order chi connectivity index (χ1) is 12.1. The van der Waals surface area contributed by atoms with Crippen LogP contribution in [0.5, 0.6) is 5.75 Å². The molecule has 0 bridgehead atoms. The van der Waals surface area contributed by atoms with Gasteiger partial charge in [0.2, 0.25) is 0 Å². The number of benzene rings is 2. The van der Waals surface area contributed by atoms with Crippen LogP contribution in [0.3, 0.4) is 0 Å². The number of likely N-dealkylation sites (N-methyl/N-ethyl adjacent to an activating group) is 1. The summed E-state index contributed by atoms with van der Waals surface area (Å²) in [5.74, 6) is 1.48. The molecule has 1 saturated heterocycles. The molecule has 1 aliphatic rings. The molecular formula is C22H30N2O. The maximum Gasteiger partial charge on any atom is 0.118 e. The summed E-state index contributed by atoms with van der Waals surface area (Å²) in [5, 5.41) is 0. The average Bonchev–Trinajstić information content (AvgIpc) is 2.64. The zero-order valence-electron chi connectivity index (χ0n) is 15.9. The van der Waals surface area contributed by atoms with Gasteiger partial charge in [-0.25, -0.2) is 0 Å². The van der Waals surface area contributed by atoms with E-state index in [4.69, 9.17) is 4.74 Å². The van der Waals surface area contributed by atoms with Crippen LogP contribution in [0.15, 0.2) is 48.5 Å². The Morgan fingerprint density at radius 1 is 1.04 bits per heavy atom. The fourth-order valence-electron chi connectivity index (χ4n) is 3.74. The zero-order chi connectivity index (χ0) is 17.8. The van der Waals surface area contributed by atoms with Gasteiger partial charge in [-0.05, 0) is 41.8 Å². The molecule has 0 aromatic heterocycles. The average molecular weight is 338 g/mol. The summed E-state index contributed by atoms with van der Waals surface area (Å²) < 4.78 is 5.26. The third-order valence-corrected chi connectivity index (χ3v) is 5.27. The lowest BCUT2D eigenvalue weighted by molar-refractivity contribution is 0.0899. The van der Waals surface area contributed by atoms with Crippen molar-refractivity contribution in [2.75, 3.05) is 33.8 Å². The van der Waals surface area contributed by atoms with Crippen LogP contribution in [0.25, 0.3) is 0 Å². The summed E-state index contributed by atoms with van der Waals surface area (Å²) in [6, 6.07) is 17.9. The molecule has 2 aromatic rings. The van der Waals surface area contributed by atoms with Gasteiger partial charge < -0.3 is 4.74 Å². The Labute approximate surface area is 152 Å². The summed E-state index contributed by atoms with van der Waals surface area (Å²) >= 11 is 0. The standard InChI is InChI=1S/C22H30N2O/c1-17(2)20-7-5-6-8-21(20)22-16-24(14-13-23(22)3)15-18-9-11-19(25-4)12-10-18/h5-12,17,22H,13-16H2,1-4H3. The molecule has 1 fully saturated rings. The normalized spacial score (nSPS) is 19.3. The summed E-state index contributed by atoms with van der Waals surface area (Å²) in [4.78, 5) is 5.08. The van der Waals surface area contributed by atoms with E-state index in [1.54, 1.807) is 7.11 Å². The van der Waals surface area contributed by atoms with Crippen molar-refractivity contribution in [2.45, 2.75) is 32.4 Å². The fourth-order valence-corrected chi connectivity index (χ4v) is 3.74. The van der Waals surface area contributed by atoms with Crippen molar-refractivity contribution in [1.82, 2.24) is 9.80 Å². The second kappa shape index (κ2) is 8.03. The van der Waals surface area contributed by atoms with E-state index >= 15 is 0 Å². The van der Waals surface area contributed by atoms with Crippen molar-refractivity contribution in [3.63, 3.8) is 0 Å². The van der Waals surface area contributed by atoms with E-state index in [9.17, 15) is 0 Å². The minimum Gasteiger partial charge on any atom is -0.497 e. The summed E-state index contributed by atoms with van der Waals surface area (Å²) in [6.07, 6.45) is 0. The molecule has 1 aliphatic heterocycles. The fraction of sp³-hybridized carbons (Fsp3) is 0.455. The van der Waals surface area contributed by atoms with Gasteiger partial charge in [0.05, 0.1) is 7.11 Å². The molecule has 0 spiro atoms. The van der Waals surface area contributed by atoms with Crippen LogP contribution in [0.4, 0.5) is 0 Å². The van der Waals surface area contributed by atoms with Gasteiger partial charge in [-0.2, -0.15) is 0 Å². The third-order valence-electron chi connectivity index (χ3n) is 5.27. The highest BCUT2D eigenvalue weighted by atomic mass is 16.5. The zero-order valence-corrected chi connectivity index (χ0v) is 15.9. The molecular weight excluding hydrogens is 308 g/mol. The van der Waals surface area contributed by atoms with Crippen molar-refractivity contribution in [3.8, 4) is 5.75 Å². The number of hydrogen-bond acceptors (Lipinski definition) is 3. The number of hydrogen-bond donors (Lipinski definition) is 0. The van der Waals surface area contributed by atoms with Gasteiger partial charge >= 0.3 is 0 Å². The van der Waals surface area contributed by atoms with Crippen LogP contribution < -0.4 is 4.74 Å². The highest BCUT2D eigenvalue weighted by Crippen LogP contribution is 2.31. The lowest BCUT2D eigenvalue weighted by Gasteiger charge is -2.40. The Morgan fingerprint density at radius 2 is 1.76 bits per heavy atom. The van der Waals surface area contributed by atoms with Crippen LogP contribution in [-0.4, -0.2) is 43.6 Å². The Hall–Kier alpha value is -1.84. The van der Waals surface area contributed by atoms with Crippen LogP contribution in [0.1, 0.15) is 42.5 Å². The van der Waals surface area contributed by atoms with E-state index in [2.05, 4.69) is 79.2 Å². The summed E-state index contributed by atoms with van der Waals surface area (Å²) in [6.45, 7) is 8.87. The van der Waals surface area contributed by atoms with Gasteiger partial charge in [0.25, 0.3) is 0 Å². The lowest BCUT2D eigenvalue weighted by Crippen LogP contribution is -2.46.